The topological polar surface area (TPSA) is 65.2 Å². The maximum absolute atomic E-state index is 11.7. The van der Waals surface area contributed by atoms with Crippen molar-refractivity contribution in [2.75, 3.05) is 7.11 Å². The van der Waals surface area contributed by atoms with E-state index in [0.29, 0.717) is 16.7 Å². The summed E-state index contributed by atoms with van der Waals surface area (Å²) >= 11 is 4.85. The summed E-state index contributed by atoms with van der Waals surface area (Å²) in [7, 11) is 1.31. The van der Waals surface area contributed by atoms with E-state index in [-0.39, 0.29) is 5.69 Å². The van der Waals surface area contributed by atoms with Crippen LogP contribution < -0.4 is 0 Å². The molecule has 0 N–H and O–H groups in total. The molecule has 0 unspecified atom stereocenters. The number of esters is 1. The van der Waals surface area contributed by atoms with E-state index in [1.807, 2.05) is 18.2 Å². The molecule has 0 atom stereocenters. The Morgan fingerprint density at radius 1 is 1.40 bits per heavy atom. The highest BCUT2D eigenvalue weighted by Gasteiger charge is 2.23. The van der Waals surface area contributed by atoms with Crippen LogP contribution in [0.4, 0.5) is 0 Å². The van der Waals surface area contributed by atoms with Crippen molar-refractivity contribution in [1.82, 2.24) is 9.97 Å². The number of aryl methyl sites for hydroxylation is 1. The number of hydrogen-bond donors (Lipinski definition) is 0. The molecule has 0 radical (unpaired) electrons. The summed E-state index contributed by atoms with van der Waals surface area (Å²) in [4.78, 5) is 20.3. The lowest BCUT2D eigenvalue weighted by atomic mass is 10.3. The monoisotopic (exact) mass is 352 g/mol. The van der Waals surface area contributed by atoms with E-state index in [4.69, 9.17) is 9.15 Å². The van der Waals surface area contributed by atoms with Gasteiger partial charge in [-0.15, -0.1) is 11.3 Å². The molecule has 102 valence electrons. The number of fused-ring (bicyclic) bond motifs is 1. The molecule has 0 aliphatic carbocycles. The van der Waals surface area contributed by atoms with E-state index >= 15 is 0 Å². The summed E-state index contributed by atoms with van der Waals surface area (Å²) in [5.74, 6) is 0.227. The highest BCUT2D eigenvalue weighted by molar-refractivity contribution is 9.10. The van der Waals surface area contributed by atoms with Crippen LogP contribution in [0.5, 0.6) is 0 Å². The lowest BCUT2D eigenvalue weighted by Gasteiger charge is -1.94. The first kappa shape index (κ1) is 13.3. The van der Waals surface area contributed by atoms with Crippen molar-refractivity contribution in [3.8, 4) is 10.8 Å². The van der Waals surface area contributed by atoms with Crippen LogP contribution in [0.25, 0.3) is 21.0 Å². The molecule has 0 saturated carbocycles. The molecular weight excluding hydrogens is 344 g/mol. The van der Waals surface area contributed by atoms with Crippen LogP contribution in [-0.2, 0) is 4.74 Å². The van der Waals surface area contributed by atoms with Crippen molar-refractivity contribution >= 4 is 43.5 Å². The molecule has 3 rings (SSSR count). The fourth-order valence-electron chi connectivity index (χ4n) is 1.80. The highest BCUT2D eigenvalue weighted by atomic mass is 79.9. The number of rotatable bonds is 2. The van der Waals surface area contributed by atoms with Gasteiger partial charge in [0.2, 0.25) is 0 Å². The van der Waals surface area contributed by atoms with E-state index in [9.17, 15) is 4.79 Å². The van der Waals surface area contributed by atoms with Gasteiger partial charge in [0.15, 0.2) is 22.4 Å². The van der Waals surface area contributed by atoms with Crippen molar-refractivity contribution in [2.24, 2.45) is 0 Å². The Morgan fingerprint density at radius 3 is 2.95 bits per heavy atom. The number of methoxy groups -OCH3 is 1. The lowest BCUT2D eigenvalue weighted by Crippen LogP contribution is -2.03. The zero-order valence-corrected chi connectivity index (χ0v) is 13.0. The number of carbonyl (C=O) groups is 1. The quantitative estimate of drug-likeness (QED) is 0.656. The molecule has 5 nitrogen and oxygen atoms in total. The number of aromatic nitrogens is 2. The third-order valence-corrected chi connectivity index (χ3v) is 4.19. The van der Waals surface area contributed by atoms with Gasteiger partial charge in [0.1, 0.15) is 0 Å². The molecule has 0 aliphatic rings. The Labute approximate surface area is 126 Å². The summed E-state index contributed by atoms with van der Waals surface area (Å²) in [5.41, 5.74) is 0.993. The van der Waals surface area contributed by atoms with Gasteiger partial charge in [0.05, 0.1) is 17.3 Å². The van der Waals surface area contributed by atoms with E-state index in [1.54, 1.807) is 6.92 Å². The van der Waals surface area contributed by atoms with Crippen LogP contribution in [0, 0.1) is 6.92 Å². The number of oxazole rings is 1. The second-order valence-electron chi connectivity index (χ2n) is 4.03. The van der Waals surface area contributed by atoms with Crippen molar-refractivity contribution in [3.63, 3.8) is 0 Å². The van der Waals surface area contributed by atoms with Gasteiger partial charge in [-0.1, -0.05) is 15.9 Å². The minimum absolute atomic E-state index is 0.156. The minimum Gasteiger partial charge on any atom is -0.464 e. The predicted molar refractivity (Wildman–Crippen MR) is 78.9 cm³/mol. The third-order valence-electron chi connectivity index (χ3n) is 2.66. The van der Waals surface area contributed by atoms with Crippen LogP contribution in [0.2, 0.25) is 0 Å². The van der Waals surface area contributed by atoms with Gasteiger partial charge in [-0.3, -0.25) is 0 Å². The number of carbonyl (C=O) groups excluding carboxylic acids is 1. The Morgan fingerprint density at radius 2 is 2.20 bits per heavy atom. The lowest BCUT2D eigenvalue weighted by molar-refractivity contribution is 0.0595. The maximum Gasteiger partial charge on any atom is 0.360 e. The third kappa shape index (κ3) is 2.23. The SMILES string of the molecule is COC(=O)c1nc(C)oc1-c1nc2cc(Br)ccc2s1. The van der Waals surface area contributed by atoms with Crippen molar-refractivity contribution in [3.05, 3.63) is 34.3 Å². The normalized spacial score (nSPS) is 10.9. The van der Waals surface area contributed by atoms with Gasteiger partial charge in [0, 0.05) is 11.4 Å². The smallest absolute Gasteiger partial charge is 0.360 e. The zero-order valence-electron chi connectivity index (χ0n) is 10.6. The van der Waals surface area contributed by atoms with Crippen LogP contribution in [-0.4, -0.2) is 23.0 Å². The van der Waals surface area contributed by atoms with Gasteiger partial charge >= 0.3 is 5.97 Å². The maximum atomic E-state index is 11.7. The summed E-state index contributed by atoms with van der Waals surface area (Å²) in [6.07, 6.45) is 0. The summed E-state index contributed by atoms with van der Waals surface area (Å²) in [5, 5.41) is 0.610. The molecule has 0 saturated heterocycles. The second-order valence-corrected chi connectivity index (χ2v) is 5.98. The minimum atomic E-state index is -0.530. The number of hydrogen-bond acceptors (Lipinski definition) is 6. The summed E-state index contributed by atoms with van der Waals surface area (Å²) in [6.45, 7) is 1.68. The number of thiazole rings is 1. The molecule has 0 spiro atoms. The molecule has 1 aromatic carbocycles. The van der Waals surface area contributed by atoms with Gasteiger partial charge in [-0.05, 0) is 18.2 Å². The highest BCUT2D eigenvalue weighted by Crippen LogP contribution is 2.34. The average Bonchev–Trinajstić information content (AvgIpc) is 3.00. The molecule has 0 fully saturated rings. The Kier molecular flexibility index (Phi) is 3.31. The molecule has 7 heteroatoms. The van der Waals surface area contributed by atoms with Gasteiger partial charge in [-0.2, -0.15) is 0 Å². The van der Waals surface area contributed by atoms with E-state index in [2.05, 4.69) is 25.9 Å². The van der Waals surface area contributed by atoms with Crippen molar-refractivity contribution < 1.29 is 13.9 Å². The number of halogens is 1. The molecule has 3 aromatic rings. The van der Waals surface area contributed by atoms with Crippen molar-refractivity contribution in [2.45, 2.75) is 6.92 Å². The first-order valence-corrected chi connectivity index (χ1v) is 7.31. The van der Waals surface area contributed by atoms with Gasteiger partial charge in [0.25, 0.3) is 0 Å². The van der Waals surface area contributed by atoms with Gasteiger partial charge < -0.3 is 9.15 Å². The largest absolute Gasteiger partial charge is 0.464 e. The molecule has 0 amide bonds. The Balaban J connectivity index is 2.17. The number of benzene rings is 1. The molecule has 20 heavy (non-hydrogen) atoms. The van der Waals surface area contributed by atoms with E-state index in [0.717, 1.165) is 14.7 Å². The van der Waals surface area contributed by atoms with Crippen LogP contribution in [0.1, 0.15) is 16.4 Å². The standard InChI is InChI=1S/C13H9BrN2O3S/c1-6-15-10(13(17)18-2)11(19-6)12-16-8-5-7(14)3-4-9(8)20-12/h3-5H,1-2H3. The number of ether oxygens (including phenoxy) is 1. The van der Waals surface area contributed by atoms with Gasteiger partial charge in [-0.25, -0.2) is 14.8 Å². The zero-order chi connectivity index (χ0) is 14.3. The molecule has 2 aromatic heterocycles. The molecular formula is C13H9BrN2O3S. The first-order chi connectivity index (χ1) is 9.58. The summed E-state index contributed by atoms with van der Waals surface area (Å²) < 4.78 is 12.2. The Hall–Kier alpha value is -1.73. The molecule has 0 bridgehead atoms. The van der Waals surface area contributed by atoms with Crippen molar-refractivity contribution in [1.29, 1.82) is 0 Å². The van der Waals surface area contributed by atoms with E-state index in [1.165, 1.54) is 18.4 Å². The van der Waals surface area contributed by atoms with Crippen LogP contribution >= 0.6 is 27.3 Å². The summed E-state index contributed by atoms with van der Waals surface area (Å²) in [6, 6.07) is 5.81. The van der Waals surface area contributed by atoms with E-state index < -0.39 is 5.97 Å². The van der Waals surface area contributed by atoms with Crippen LogP contribution in [0.3, 0.4) is 0 Å². The first-order valence-electron chi connectivity index (χ1n) is 5.70. The Bertz CT molecular complexity index is 809. The predicted octanol–water partition coefficient (Wildman–Crippen LogP) is 3.81. The molecule has 2 heterocycles. The van der Waals surface area contributed by atoms with Crippen LogP contribution in [0.15, 0.2) is 27.1 Å². The fraction of sp³-hybridized carbons (Fsp3) is 0.154. The number of nitrogens with zero attached hydrogens (tertiary/aromatic N) is 2. The average molecular weight is 353 g/mol. The fourth-order valence-corrected chi connectivity index (χ4v) is 3.08. The second kappa shape index (κ2) is 4.99. The molecule has 0 aliphatic heterocycles.